The lowest BCUT2D eigenvalue weighted by atomic mass is 9.79. The monoisotopic (exact) mass is 549 g/mol. The zero-order chi connectivity index (χ0) is 27.0. The molecule has 38 heavy (non-hydrogen) atoms. The topological polar surface area (TPSA) is 90.0 Å². The Labute approximate surface area is 228 Å². The summed E-state index contributed by atoms with van der Waals surface area (Å²) < 4.78 is 17.2. The van der Waals surface area contributed by atoms with E-state index in [2.05, 4.69) is 10.3 Å². The molecule has 5 rings (SSSR count). The summed E-state index contributed by atoms with van der Waals surface area (Å²) in [5.41, 5.74) is 2.59. The third-order valence-electron chi connectivity index (χ3n) is 6.74. The van der Waals surface area contributed by atoms with Gasteiger partial charge in [-0.05, 0) is 59.8 Å². The molecule has 8 nitrogen and oxygen atoms in total. The van der Waals surface area contributed by atoms with Gasteiger partial charge in [-0.1, -0.05) is 23.5 Å². The number of fused-ring (bicyclic) bond motifs is 2. The van der Waals surface area contributed by atoms with Crippen LogP contribution in [-0.2, 0) is 4.79 Å². The number of benzene rings is 3. The van der Waals surface area contributed by atoms with Crippen LogP contribution in [0.3, 0.4) is 0 Å². The van der Waals surface area contributed by atoms with Crippen molar-refractivity contribution in [3.63, 3.8) is 0 Å². The molecule has 0 fully saturated rings. The lowest BCUT2D eigenvalue weighted by molar-refractivity contribution is -0.119. The second-order valence-corrected chi connectivity index (χ2v) is 10.7. The van der Waals surface area contributed by atoms with Gasteiger partial charge in [-0.3, -0.25) is 9.59 Å². The van der Waals surface area contributed by atoms with E-state index in [1.165, 1.54) is 25.6 Å². The first-order chi connectivity index (χ1) is 18.4. The van der Waals surface area contributed by atoms with Crippen molar-refractivity contribution < 1.29 is 23.8 Å². The first-order valence-corrected chi connectivity index (χ1v) is 13.8. The van der Waals surface area contributed by atoms with E-state index in [9.17, 15) is 9.59 Å². The zero-order valence-electron chi connectivity index (χ0n) is 21.6. The number of hydrogen-bond donors (Lipinski definition) is 1. The van der Waals surface area contributed by atoms with Gasteiger partial charge in [-0.25, -0.2) is 4.98 Å². The molecule has 2 atom stereocenters. The van der Waals surface area contributed by atoms with Crippen molar-refractivity contribution in [3.8, 4) is 17.2 Å². The Hall–Kier alpha value is -3.76. The normalized spacial score (nSPS) is 16.8. The summed E-state index contributed by atoms with van der Waals surface area (Å²) in [5, 5.41) is 3.49. The Morgan fingerprint density at radius 2 is 1.71 bits per heavy atom. The number of likely N-dealkylation sites (N-methyl/N-ethyl adjacent to an activating group) is 1. The van der Waals surface area contributed by atoms with E-state index in [0.29, 0.717) is 27.8 Å². The molecule has 2 amide bonds. The molecule has 0 bridgehead atoms. The quantitative estimate of drug-likeness (QED) is 0.301. The number of carbonyl (C=O) groups excluding carboxylic acids is 2. The van der Waals surface area contributed by atoms with Crippen LogP contribution in [0, 0.1) is 0 Å². The molecule has 1 aromatic heterocycles. The number of nitrogens with zero attached hydrogens (tertiary/aromatic N) is 2. The van der Waals surface area contributed by atoms with Gasteiger partial charge in [-0.15, -0.1) is 11.8 Å². The summed E-state index contributed by atoms with van der Waals surface area (Å²) in [6.45, 7) is 0. The number of rotatable bonds is 7. The number of carbonyl (C=O) groups is 2. The summed E-state index contributed by atoms with van der Waals surface area (Å²) >= 11 is 3.00. The number of thiazole rings is 1. The predicted octanol–water partition coefficient (Wildman–Crippen LogP) is 5.59. The van der Waals surface area contributed by atoms with E-state index in [0.717, 1.165) is 26.4 Å². The molecule has 3 aromatic carbocycles. The number of thioether (sulfide) groups is 1. The smallest absolute Gasteiger partial charge is 0.254 e. The van der Waals surface area contributed by atoms with Gasteiger partial charge >= 0.3 is 0 Å². The second-order valence-electron chi connectivity index (χ2n) is 8.75. The van der Waals surface area contributed by atoms with Crippen LogP contribution in [0.1, 0.15) is 33.4 Å². The van der Waals surface area contributed by atoms with Crippen molar-refractivity contribution in [2.24, 2.45) is 0 Å². The fourth-order valence-electron chi connectivity index (χ4n) is 4.82. The Balaban J connectivity index is 1.62. The fourth-order valence-corrected chi connectivity index (χ4v) is 6.12. The molecule has 2 heterocycles. The minimum absolute atomic E-state index is 0.198. The maximum Gasteiger partial charge on any atom is 0.254 e. The Bertz CT molecular complexity index is 1520. The highest BCUT2D eigenvalue weighted by molar-refractivity contribution is 7.98. The lowest BCUT2D eigenvalue weighted by Gasteiger charge is -2.40. The number of aromatic nitrogens is 1. The summed E-state index contributed by atoms with van der Waals surface area (Å²) in [5.74, 6) is 0.392. The molecule has 196 valence electrons. The number of hydrogen-bond acceptors (Lipinski definition) is 8. The van der Waals surface area contributed by atoms with E-state index in [1.54, 1.807) is 43.0 Å². The van der Waals surface area contributed by atoms with Crippen LogP contribution >= 0.6 is 23.1 Å². The molecule has 0 aliphatic carbocycles. The zero-order valence-corrected chi connectivity index (χ0v) is 23.2. The molecular formula is C28H27N3O5S2. The van der Waals surface area contributed by atoms with Gasteiger partial charge in [0.25, 0.3) is 5.91 Å². The lowest BCUT2D eigenvalue weighted by Crippen LogP contribution is -2.44. The van der Waals surface area contributed by atoms with E-state index < -0.39 is 12.0 Å². The van der Waals surface area contributed by atoms with Crippen molar-refractivity contribution in [2.45, 2.75) is 16.9 Å². The molecular weight excluding hydrogens is 522 g/mol. The summed E-state index contributed by atoms with van der Waals surface area (Å²) in [4.78, 5) is 34.9. The maximum absolute atomic E-state index is 14.1. The highest BCUT2D eigenvalue weighted by atomic mass is 32.2. The van der Waals surface area contributed by atoms with Gasteiger partial charge in [0, 0.05) is 17.5 Å². The summed E-state index contributed by atoms with van der Waals surface area (Å²) in [6, 6.07) is 16.3. The van der Waals surface area contributed by atoms with Gasteiger partial charge in [0.15, 0.2) is 16.6 Å². The van der Waals surface area contributed by atoms with Gasteiger partial charge in [0.05, 0.1) is 43.5 Å². The van der Waals surface area contributed by atoms with Crippen LogP contribution in [0.2, 0.25) is 0 Å². The van der Waals surface area contributed by atoms with E-state index in [-0.39, 0.29) is 11.8 Å². The molecule has 0 saturated carbocycles. The Morgan fingerprint density at radius 1 is 1.00 bits per heavy atom. The SMILES string of the molecule is COc1ccc2nc(NC(=O)C3c4cc(OC)c(OC)cc4C(=O)N(C)C3c3ccc(SC)cc3)sc2c1. The minimum Gasteiger partial charge on any atom is -0.497 e. The average molecular weight is 550 g/mol. The van der Waals surface area contributed by atoms with Crippen molar-refractivity contribution >= 4 is 50.3 Å². The van der Waals surface area contributed by atoms with Crippen molar-refractivity contribution in [1.29, 1.82) is 0 Å². The Morgan fingerprint density at radius 3 is 2.37 bits per heavy atom. The fraction of sp³-hybridized carbons (Fsp3) is 0.250. The van der Waals surface area contributed by atoms with Gasteiger partial charge in [0.1, 0.15) is 5.75 Å². The molecule has 1 N–H and O–H groups in total. The predicted molar refractivity (Wildman–Crippen MR) is 150 cm³/mol. The van der Waals surface area contributed by atoms with Crippen LogP contribution < -0.4 is 19.5 Å². The number of amides is 2. The summed E-state index contributed by atoms with van der Waals surface area (Å²) in [6.07, 6.45) is 2.00. The van der Waals surface area contributed by atoms with E-state index >= 15 is 0 Å². The first kappa shape index (κ1) is 25.9. The van der Waals surface area contributed by atoms with Crippen LogP contribution in [0.25, 0.3) is 10.2 Å². The van der Waals surface area contributed by atoms with Gasteiger partial charge in [0.2, 0.25) is 5.91 Å². The van der Waals surface area contributed by atoms with Crippen LogP contribution in [0.15, 0.2) is 59.5 Å². The third-order valence-corrected chi connectivity index (χ3v) is 8.42. The maximum atomic E-state index is 14.1. The van der Waals surface area contributed by atoms with E-state index in [1.807, 2.05) is 48.7 Å². The Kier molecular flexibility index (Phi) is 7.18. The van der Waals surface area contributed by atoms with Gasteiger partial charge in [-0.2, -0.15) is 0 Å². The van der Waals surface area contributed by atoms with Crippen LogP contribution in [0.4, 0.5) is 5.13 Å². The highest BCUT2D eigenvalue weighted by Crippen LogP contribution is 2.46. The summed E-state index contributed by atoms with van der Waals surface area (Å²) in [7, 11) is 6.38. The molecule has 1 aliphatic heterocycles. The molecule has 0 saturated heterocycles. The first-order valence-electron chi connectivity index (χ1n) is 11.8. The van der Waals surface area contributed by atoms with Crippen molar-refractivity contribution in [3.05, 3.63) is 71.3 Å². The molecule has 4 aromatic rings. The standard InChI is InChI=1S/C28H27N3O5S2/c1-31-25(15-6-9-17(37-5)10-7-15)24(18-13-21(35-3)22(36-4)14-19(18)27(31)33)26(32)30-28-29-20-11-8-16(34-2)12-23(20)38-28/h6-14,24-25H,1-5H3,(H,29,30,32). The number of nitrogens with one attached hydrogen (secondary N) is 1. The molecule has 2 unspecified atom stereocenters. The van der Waals surface area contributed by atoms with Crippen LogP contribution in [0.5, 0.6) is 17.2 Å². The average Bonchev–Trinajstić information content (AvgIpc) is 3.35. The number of ether oxygens (including phenoxy) is 3. The van der Waals surface area contributed by atoms with Crippen molar-refractivity contribution in [2.75, 3.05) is 39.9 Å². The molecule has 0 spiro atoms. The minimum atomic E-state index is -0.728. The second kappa shape index (κ2) is 10.5. The molecule has 0 radical (unpaired) electrons. The molecule has 1 aliphatic rings. The van der Waals surface area contributed by atoms with E-state index in [4.69, 9.17) is 14.2 Å². The van der Waals surface area contributed by atoms with Gasteiger partial charge < -0.3 is 24.4 Å². The molecule has 10 heteroatoms. The number of methoxy groups -OCH3 is 3. The third kappa shape index (κ3) is 4.54. The number of anilines is 1. The highest BCUT2D eigenvalue weighted by Gasteiger charge is 2.43. The van der Waals surface area contributed by atoms with Crippen molar-refractivity contribution in [1.82, 2.24) is 9.88 Å². The largest absolute Gasteiger partial charge is 0.497 e. The van der Waals surface area contributed by atoms with Crippen LogP contribution in [-0.4, -0.2) is 56.3 Å².